The van der Waals surface area contributed by atoms with Gasteiger partial charge in [-0.2, -0.15) is 0 Å². The lowest BCUT2D eigenvalue weighted by Crippen LogP contribution is -1.96. The Morgan fingerprint density at radius 1 is 1.50 bits per heavy atom. The van der Waals surface area contributed by atoms with Crippen molar-refractivity contribution in [3.8, 4) is 0 Å². The van der Waals surface area contributed by atoms with Crippen molar-refractivity contribution in [3.05, 3.63) is 40.1 Å². The maximum atomic E-state index is 5.81. The first-order valence-electron chi connectivity index (χ1n) is 4.35. The van der Waals surface area contributed by atoms with Crippen molar-refractivity contribution in [3.63, 3.8) is 0 Å². The zero-order valence-electron chi connectivity index (χ0n) is 7.90. The third-order valence-electron chi connectivity index (χ3n) is 1.95. The third-order valence-corrected chi connectivity index (χ3v) is 2.92. The number of hydrogen-bond donors (Lipinski definition) is 1. The molecule has 4 heteroatoms. The van der Waals surface area contributed by atoms with E-state index in [0.29, 0.717) is 0 Å². The lowest BCUT2D eigenvalue weighted by molar-refractivity contribution is 1.09. The molecule has 2 aromatic rings. The van der Waals surface area contributed by atoms with E-state index in [-0.39, 0.29) is 0 Å². The van der Waals surface area contributed by atoms with Crippen LogP contribution in [-0.2, 0) is 6.42 Å². The molecule has 0 radical (unpaired) electrons. The predicted molar refractivity (Wildman–Crippen MR) is 58.3 cm³/mol. The van der Waals surface area contributed by atoms with Gasteiger partial charge in [-0.05, 0) is 13.0 Å². The second-order valence-corrected chi connectivity index (χ2v) is 4.08. The second-order valence-electron chi connectivity index (χ2n) is 3.13. The van der Waals surface area contributed by atoms with Gasteiger partial charge < -0.3 is 5.73 Å². The van der Waals surface area contributed by atoms with Crippen molar-refractivity contribution in [2.75, 3.05) is 5.73 Å². The van der Waals surface area contributed by atoms with Gasteiger partial charge in [-0.25, -0.2) is 4.98 Å². The Morgan fingerprint density at radius 2 is 2.36 bits per heavy atom. The number of nitrogens with zero attached hydrogens (tertiary/aromatic N) is 2. The van der Waals surface area contributed by atoms with E-state index in [1.807, 2.05) is 18.4 Å². The molecule has 0 aromatic carbocycles. The van der Waals surface area contributed by atoms with Crippen molar-refractivity contribution >= 4 is 17.0 Å². The van der Waals surface area contributed by atoms with Crippen LogP contribution >= 0.6 is 11.3 Å². The van der Waals surface area contributed by atoms with Gasteiger partial charge >= 0.3 is 0 Å². The van der Waals surface area contributed by atoms with Crippen molar-refractivity contribution in [1.82, 2.24) is 9.97 Å². The van der Waals surface area contributed by atoms with E-state index in [0.717, 1.165) is 28.4 Å². The largest absolute Gasteiger partial charge is 0.398 e. The van der Waals surface area contributed by atoms with Crippen molar-refractivity contribution in [1.29, 1.82) is 0 Å². The molecule has 0 aliphatic rings. The third kappa shape index (κ3) is 1.90. The first-order valence-corrected chi connectivity index (χ1v) is 5.23. The van der Waals surface area contributed by atoms with Gasteiger partial charge in [-0.15, -0.1) is 11.3 Å². The number of aryl methyl sites for hydroxylation is 1. The summed E-state index contributed by atoms with van der Waals surface area (Å²) in [5.74, 6) is 0. The van der Waals surface area contributed by atoms with Crippen LogP contribution in [0.4, 0.5) is 5.69 Å². The number of thiazole rings is 1. The van der Waals surface area contributed by atoms with Crippen LogP contribution in [-0.4, -0.2) is 9.97 Å². The highest BCUT2D eigenvalue weighted by atomic mass is 32.1. The number of nitrogens with two attached hydrogens (primary N) is 1. The van der Waals surface area contributed by atoms with E-state index in [4.69, 9.17) is 5.73 Å². The van der Waals surface area contributed by atoms with Crippen LogP contribution in [0.5, 0.6) is 0 Å². The average Bonchev–Trinajstić information content (AvgIpc) is 2.56. The molecular formula is C10H11N3S. The van der Waals surface area contributed by atoms with Crippen LogP contribution in [0.2, 0.25) is 0 Å². The lowest BCUT2D eigenvalue weighted by atomic mass is 10.2. The average molecular weight is 205 g/mol. The topological polar surface area (TPSA) is 51.8 Å². The van der Waals surface area contributed by atoms with E-state index in [9.17, 15) is 0 Å². The highest BCUT2D eigenvalue weighted by Crippen LogP contribution is 2.17. The number of hydrogen-bond acceptors (Lipinski definition) is 4. The van der Waals surface area contributed by atoms with Crippen LogP contribution < -0.4 is 5.73 Å². The van der Waals surface area contributed by atoms with Gasteiger partial charge in [0.05, 0.1) is 5.01 Å². The fraction of sp³-hybridized carbons (Fsp3) is 0.200. The van der Waals surface area contributed by atoms with Crippen molar-refractivity contribution in [2.24, 2.45) is 0 Å². The highest BCUT2D eigenvalue weighted by molar-refractivity contribution is 7.09. The van der Waals surface area contributed by atoms with E-state index in [1.165, 1.54) is 0 Å². The molecule has 72 valence electrons. The number of pyridine rings is 1. The lowest BCUT2D eigenvalue weighted by Gasteiger charge is -2.00. The van der Waals surface area contributed by atoms with Gasteiger partial charge in [-0.3, -0.25) is 4.98 Å². The molecule has 0 spiro atoms. The minimum absolute atomic E-state index is 0.776. The summed E-state index contributed by atoms with van der Waals surface area (Å²) in [6.45, 7) is 1.99. The zero-order valence-corrected chi connectivity index (χ0v) is 8.71. The minimum atomic E-state index is 0.776. The Bertz CT molecular complexity index is 436. The summed E-state index contributed by atoms with van der Waals surface area (Å²) >= 11 is 1.66. The standard InChI is InChI=1S/C10H11N3S/c1-7-6-14-10(13-7)4-8-5-12-3-2-9(8)11/h2-3,5-6H,4H2,1H3,(H2,11,12). The van der Waals surface area contributed by atoms with Gasteiger partial charge in [-0.1, -0.05) is 0 Å². The van der Waals surface area contributed by atoms with Crippen LogP contribution in [0.25, 0.3) is 0 Å². The summed E-state index contributed by atoms with van der Waals surface area (Å²) in [4.78, 5) is 8.43. The SMILES string of the molecule is Cc1csc(Cc2cnccc2N)n1. The number of nitrogen functional groups attached to an aromatic ring is 1. The maximum Gasteiger partial charge on any atom is 0.0973 e. The fourth-order valence-electron chi connectivity index (χ4n) is 1.23. The first-order chi connectivity index (χ1) is 6.75. The Morgan fingerprint density at radius 3 is 3.00 bits per heavy atom. The molecule has 14 heavy (non-hydrogen) atoms. The molecular weight excluding hydrogens is 194 g/mol. The highest BCUT2D eigenvalue weighted by Gasteiger charge is 2.03. The molecule has 0 aliphatic carbocycles. The molecule has 0 bridgehead atoms. The van der Waals surface area contributed by atoms with Crippen molar-refractivity contribution in [2.45, 2.75) is 13.3 Å². The summed E-state index contributed by atoms with van der Waals surface area (Å²) in [6.07, 6.45) is 4.27. The molecule has 2 heterocycles. The van der Waals surface area contributed by atoms with Gasteiger partial charge in [0, 0.05) is 41.1 Å². The Balaban J connectivity index is 2.23. The fourth-order valence-corrected chi connectivity index (χ4v) is 2.03. The molecule has 0 fully saturated rings. The van der Waals surface area contributed by atoms with Crippen LogP contribution in [0.15, 0.2) is 23.8 Å². The van der Waals surface area contributed by atoms with Crippen LogP contribution in [0.3, 0.4) is 0 Å². The second kappa shape index (κ2) is 3.75. The van der Waals surface area contributed by atoms with Gasteiger partial charge in [0.2, 0.25) is 0 Å². The summed E-state index contributed by atoms with van der Waals surface area (Å²) in [7, 11) is 0. The summed E-state index contributed by atoms with van der Waals surface area (Å²) < 4.78 is 0. The van der Waals surface area contributed by atoms with Gasteiger partial charge in [0.1, 0.15) is 0 Å². The summed E-state index contributed by atoms with van der Waals surface area (Å²) in [5, 5.41) is 3.13. The molecule has 2 N–H and O–H groups in total. The molecule has 2 rings (SSSR count). The van der Waals surface area contributed by atoms with E-state index < -0.39 is 0 Å². The molecule has 0 saturated carbocycles. The Kier molecular flexibility index (Phi) is 2.45. The zero-order chi connectivity index (χ0) is 9.97. The Labute approximate surface area is 86.6 Å². The number of rotatable bonds is 2. The van der Waals surface area contributed by atoms with Crippen LogP contribution in [0, 0.1) is 6.92 Å². The van der Waals surface area contributed by atoms with Gasteiger partial charge in [0.25, 0.3) is 0 Å². The predicted octanol–water partition coefficient (Wildman–Crippen LogP) is 2.02. The van der Waals surface area contributed by atoms with Gasteiger partial charge in [0.15, 0.2) is 0 Å². The summed E-state index contributed by atoms with van der Waals surface area (Å²) in [5.41, 5.74) is 8.70. The number of aromatic nitrogens is 2. The molecule has 3 nitrogen and oxygen atoms in total. The Hall–Kier alpha value is -1.42. The number of anilines is 1. The van der Waals surface area contributed by atoms with E-state index in [1.54, 1.807) is 23.7 Å². The van der Waals surface area contributed by atoms with Crippen LogP contribution in [0.1, 0.15) is 16.3 Å². The smallest absolute Gasteiger partial charge is 0.0973 e. The first kappa shape index (κ1) is 9.15. The molecule has 0 saturated heterocycles. The monoisotopic (exact) mass is 205 g/mol. The minimum Gasteiger partial charge on any atom is -0.398 e. The maximum absolute atomic E-state index is 5.81. The molecule has 0 amide bonds. The molecule has 0 unspecified atom stereocenters. The normalized spacial score (nSPS) is 10.4. The quantitative estimate of drug-likeness (QED) is 0.816. The summed E-state index contributed by atoms with van der Waals surface area (Å²) in [6, 6.07) is 1.82. The van der Waals surface area contributed by atoms with E-state index >= 15 is 0 Å². The molecule has 0 aliphatic heterocycles. The molecule has 2 aromatic heterocycles. The molecule has 0 atom stereocenters. The van der Waals surface area contributed by atoms with E-state index in [2.05, 4.69) is 9.97 Å². The van der Waals surface area contributed by atoms with Crippen molar-refractivity contribution < 1.29 is 0 Å².